The van der Waals surface area contributed by atoms with Crippen molar-refractivity contribution in [2.75, 3.05) is 11.9 Å². The van der Waals surface area contributed by atoms with E-state index >= 15 is 0 Å². The smallest absolute Gasteiger partial charge is 0.127 e. The minimum absolute atomic E-state index is 0.580. The van der Waals surface area contributed by atoms with Crippen molar-refractivity contribution in [3.05, 3.63) is 11.3 Å². The van der Waals surface area contributed by atoms with Crippen LogP contribution in [0.2, 0.25) is 0 Å². The summed E-state index contributed by atoms with van der Waals surface area (Å²) in [6.45, 7) is 5.53. The maximum absolute atomic E-state index is 4.94. The van der Waals surface area contributed by atoms with Crippen LogP contribution in [0.5, 0.6) is 0 Å². The maximum atomic E-state index is 4.94. The summed E-state index contributed by atoms with van der Waals surface area (Å²) in [6, 6.07) is 0.662. The molecule has 1 aromatic rings. The zero-order valence-corrected chi connectivity index (χ0v) is 13.4. The van der Waals surface area contributed by atoms with E-state index < -0.39 is 0 Å². The maximum Gasteiger partial charge on any atom is 0.127 e. The number of nitrogens with one attached hydrogen (secondary N) is 1. The van der Waals surface area contributed by atoms with Crippen LogP contribution in [-0.4, -0.2) is 16.3 Å². The van der Waals surface area contributed by atoms with Crippen LogP contribution in [0, 0.1) is 37.0 Å². The number of anilines is 1. The topological polar surface area (TPSA) is 29.9 Å². The van der Waals surface area contributed by atoms with Crippen molar-refractivity contribution in [2.24, 2.45) is 23.2 Å². The van der Waals surface area contributed by atoms with Crippen LogP contribution >= 0.6 is 0 Å². The molecular formula is C18H27N3. The van der Waals surface area contributed by atoms with E-state index in [4.69, 9.17) is 5.10 Å². The molecule has 6 rings (SSSR count). The van der Waals surface area contributed by atoms with Crippen LogP contribution in [0.4, 0.5) is 5.82 Å². The molecule has 3 nitrogen and oxygen atoms in total. The van der Waals surface area contributed by atoms with E-state index in [1.54, 1.807) is 0 Å². The quantitative estimate of drug-likeness (QED) is 0.843. The third kappa shape index (κ3) is 1.63. The van der Waals surface area contributed by atoms with Gasteiger partial charge in [-0.05, 0) is 82.0 Å². The summed E-state index contributed by atoms with van der Waals surface area (Å²) in [7, 11) is 0. The molecule has 114 valence electrons. The van der Waals surface area contributed by atoms with Crippen molar-refractivity contribution >= 4 is 5.82 Å². The first-order valence-electron chi connectivity index (χ1n) is 8.94. The van der Waals surface area contributed by atoms with Gasteiger partial charge in [0.2, 0.25) is 0 Å². The van der Waals surface area contributed by atoms with Crippen molar-refractivity contribution < 1.29 is 0 Å². The summed E-state index contributed by atoms with van der Waals surface area (Å²) < 4.78 is 2.40. The Labute approximate surface area is 127 Å². The summed E-state index contributed by atoms with van der Waals surface area (Å²) in [6.07, 6.45) is 10.3. The Morgan fingerprint density at radius 2 is 1.67 bits per heavy atom. The minimum atomic E-state index is 0.580. The predicted octanol–water partition coefficient (Wildman–Crippen LogP) is 4.07. The second-order valence-electron chi connectivity index (χ2n) is 8.51. The molecule has 0 amide bonds. The standard InChI is InChI=1S/C18H27N3/c1-11-12(2)20-21-16(3-4-19-17(11)21)18-8-13-5-14(9-18)7-15(6-13)10-18/h13-16,19H,3-10H2,1-2H3. The third-order valence-corrected chi connectivity index (χ3v) is 7.18. The number of fused-ring (bicyclic) bond motifs is 1. The highest BCUT2D eigenvalue weighted by molar-refractivity contribution is 5.48. The normalized spacial score (nSPS) is 43.7. The highest BCUT2D eigenvalue weighted by Gasteiger charge is 2.55. The largest absolute Gasteiger partial charge is 0.370 e. The second-order valence-corrected chi connectivity index (χ2v) is 8.51. The summed E-state index contributed by atoms with van der Waals surface area (Å²) in [4.78, 5) is 0. The molecule has 0 saturated heterocycles. The van der Waals surface area contributed by atoms with Gasteiger partial charge in [-0.25, -0.2) is 4.68 Å². The van der Waals surface area contributed by atoms with E-state index in [1.807, 2.05) is 0 Å². The Hall–Kier alpha value is -0.990. The van der Waals surface area contributed by atoms with Crippen LogP contribution in [0.15, 0.2) is 0 Å². The van der Waals surface area contributed by atoms with Crippen molar-refractivity contribution in [3.63, 3.8) is 0 Å². The van der Waals surface area contributed by atoms with Crippen molar-refractivity contribution in [3.8, 4) is 0 Å². The van der Waals surface area contributed by atoms with Gasteiger partial charge in [0.25, 0.3) is 0 Å². The fraction of sp³-hybridized carbons (Fsp3) is 0.833. The molecule has 1 unspecified atom stereocenters. The van der Waals surface area contributed by atoms with E-state index in [0.29, 0.717) is 11.5 Å². The lowest BCUT2D eigenvalue weighted by molar-refractivity contribution is -0.0868. The summed E-state index contributed by atoms with van der Waals surface area (Å²) in [5.74, 6) is 4.42. The number of hydrogen-bond donors (Lipinski definition) is 1. The Kier molecular flexibility index (Phi) is 2.42. The van der Waals surface area contributed by atoms with Crippen LogP contribution < -0.4 is 5.32 Å². The fourth-order valence-corrected chi connectivity index (χ4v) is 6.67. The molecule has 0 radical (unpaired) electrons. The molecule has 0 spiro atoms. The molecule has 21 heavy (non-hydrogen) atoms. The molecule has 5 aliphatic rings. The molecule has 4 bridgehead atoms. The van der Waals surface area contributed by atoms with Gasteiger partial charge < -0.3 is 5.32 Å². The highest BCUT2D eigenvalue weighted by atomic mass is 15.4. The molecule has 4 saturated carbocycles. The number of nitrogens with zero attached hydrogens (tertiary/aromatic N) is 2. The summed E-state index contributed by atoms with van der Waals surface area (Å²) in [5.41, 5.74) is 3.16. The lowest BCUT2D eigenvalue weighted by Crippen LogP contribution is -2.51. The SMILES string of the molecule is Cc1nn2c(c1C)NCCC2C12CC3CC(CC(C3)C1)C2. The van der Waals surface area contributed by atoms with Gasteiger partial charge >= 0.3 is 0 Å². The number of aryl methyl sites for hydroxylation is 1. The van der Waals surface area contributed by atoms with Gasteiger partial charge in [-0.1, -0.05) is 0 Å². The monoisotopic (exact) mass is 285 g/mol. The number of rotatable bonds is 1. The fourth-order valence-electron chi connectivity index (χ4n) is 6.67. The molecule has 4 fully saturated rings. The minimum Gasteiger partial charge on any atom is -0.370 e. The van der Waals surface area contributed by atoms with Gasteiger partial charge in [0, 0.05) is 12.1 Å². The van der Waals surface area contributed by atoms with Crippen LogP contribution in [0.25, 0.3) is 0 Å². The summed E-state index contributed by atoms with van der Waals surface area (Å²) >= 11 is 0. The lowest BCUT2D eigenvalue weighted by Gasteiger charge is -2.60. The Morgan fingerprint density at radius 3 is 2.29 bits per heavy atom. The van der Waals surface area contributed by atoms with E-state index in [9.17, 15) is 0 Å². The Morgan fingerprint density at radius 1 is 1.05 bits per heavy atom. The van der Waals surface area contributed by atoms with Crippen LogP contribution in [0.1, 0.15) is 62.2 Å². The van der Waals surface area contributed by atoms with E-state index in [1.165, 1.54) is 62.0 Å². The Balaban J connectivity index is 1.58. The van der Waals surface area contributed by atoms with Gasteiger partial charge in [-0.15, -0.1) is 0 Å². The average Bonchev–Trinajstić information content (AvgIpc) is 2.73. The van der Waals surface area contributed by atoms with E-state index in [-0.39, 0.29) is 0 Å². The van der Waals surface area contributed by atoms with Gasteiger partial charge in [0.15, 0.2) is 0 Å². The van der Waals surface area contributed by atoms with Crippen LogP contribution in [-0.2, 0) is 0 Å². The van der Waals surface area contributed by atoms with Gasteiger partial charge in [-0.2, -0.15) is 5.10 Å². The zero-order chi connectivity index (χ0) is 14.2. The third-order valence-electron chi connectivity index (χ3n) is 7.18. The van der Waals surface area contributed by atoms with Crippen molar-refractivity contribution in [2.45, 2.75) is 64.8 Å². The molecule has 1 atom stereocenters. The molecule has 0 aromatic carbocycles. The molecular weight excluding hydrogens is 258 g/mol. The van der Waals surface area contributed by atoms with Gasteiger partial charge in [-0.3, -0.25) is 0 Å². The zero-order valence-electron chi connectivity index (χ0n) is 13.4. The highest BCUT2D eigenvalue weighted by Crippen LogP contribution is 2.64. The lowest BCUT2D eigenvalue weighted by atomic mass is 9.47. The predicted molar refractivity (Wildman–Crippen MR) is 84.4 cm³/mol. The first kappa shape index (κ1) is 12.5. The summed E-state index contributed by atoms with van der Waals surface area (Å²) in [5, 5.41) is 8.56. The van der Waals surface area contributed by atoms with E-state index in [0.717, 1.165) is 24.3 Å². The van der Waals surface area contributed by atoms with E-state index in [2.05, 4.69) is 23.8 Å². The first-order chi connectivity index (χ1) is 10.1. The molecule has 3 heteroatoms. The molecule has 1 N–H and O–H groups in total. The van der Waals surface area contributed by atoms with Crippen LogP contribution in [0.3, 0.4) is 0 Å². The van der Waals surface area contributed by atoms with Gasteiger partial charge in [0.05, 0.1) is 11.7 Å². The number of aromatic nitrogens is 2. The first-order valence-corrected chi connectivity index (χ1v) is 8.94. The second kappa shape index (κ2) is 4.05. The van der Waals surface area contributed by atoms with Crippen molar-refractivity contribution in [1.29, 1.82) is 0 Å². The molecule has 1 aliphatic heterocycles. The molecule has 4 aliphatic carbocycles. The average molecular weight is 285 g/mol. The Bertz CT molecular complexity index is 550. The molecule has 2 heterocycles. The molecule has 1 aromatic heterocycles. The number of hydrogen-bond acceptors (Lipinski definition) is 2. The van der Waals surface area contributed by atoms with Gasteiger partial charge in [0.1, 0.15) is 5.82 Å². The van der Waals surface area contributed by atoms with Crippen molar-refractivity contribution in [1.82, 2.24) is 9.78 Å².